The number of hydrogen-bond donors (Lipinski definition) is 5. The van der Waals surface area contributed by atoms with Crippen LogP contribution < -0.4 is 22.1 Å². The molecule has 0 aliphatic rings. The van der Waals surface area contributed by atoms with Gasteiger partial charge in [0.15, 0.2) is 5.85 Å². The second-order valence-electron chi connectivity index (χ2n) is 2.74. The van der Waals surface area contributed by atoms with Crippen LogP contribution in [0.1, 0.15) is 13.3 Å². The third kappa shape index (κ3) is 6.51. The minimum Gasteiger partial charge on any atom is -0.363 e. The standard InChI is InChI=1S/C7H20N4O/c1-2-7(9,12)11-6-5-10-4-3-8/h10-12H,2-6,8-9H2,1H3. The first-order chi connectivity index (χ1) is 5.62. The minimum atomic E-state index is -1.23. The third-order valence-electron chi connectivity index (χ3n) is 1.59. The lowest BCUT2D eigenvalue weighted by molar-refractivity contribution is 0.00844. The predicted molar refractivity (Wildman–Crippen MR) is 49.4 cm³/mol. The van der Waals surface area contributed by atoms with Crippen LogP contribution in [0.15, 0.2) is 0 Å². The number of nitrogens with two attached hydrogens (primary N) is 2. The molecule has 5 nitrogen and oxygen atoms in total. The third-order valence-corrected chi connectivity index (χ3v) is 1.59. The lowest BCUT2D eigenvalue weighted by Crippen LogP contribution is -2.54. The van der Waals surface area contributed by atoms with Crippen molar-refractivity contribution in [1.82, 2.24) is 10.6 Å². The Kier molecular flexibility index (Phi) is 6.23. The van der Waals surface area contributed by atoms with Crippen LogP contribution in [-0.4, -0.2) is 37.1 Å². The molecule has 5 heteroatoms. The lowest BCUT2D eigenvalue weighted by atomic mass is 10.3. The van der Waals surface area contributed by atoms with E-state index in [0.717, 1.165) is 13.1 Å². The molecular formula is C7H20N4O. The Morgan fingerprint density at radius 3 is 2.50 bits per heavy atom. The van der Waals surface area contributed by atoms with Gasteiger partial charge in [0, 0.05) is 32.6 Å². The highest BCUT2D eigenvalue weighted by Gasteiger charge is 2.15. The van der Waals surface area contributed by atoms with Gasteiger partial charge in [-0.25, -0.2) is 0 Å². The Morgan fingerprint density at radius 1 is 1.33 bits per heavy atom. The zero-order chi connectivity index (χ0) is 9.45. The van der Waals surface area contributed by atoms with E-state index < -0.39 is 5.85 Å². The summed E-state index contributed by atoms with van der Waals surface area (Å²) < 4.78 is 0. The summed E-state index contributed by atoms with van der Waals surface area (Å²) in [4.78, 5) is 0. The molecule has 0 aromatic carbocycles. The maximum absolute atomic E-state index is 9.29. The average molecular weight is 176 g/mol. The maximum atomic E-state index is 9.29. The van der Waals surface area contributed by atoms with Crippen molar-refractivity contribution >= 4 is 0 Å². The van der Waals surface area contributed by atoms with Crippen molar-refractivity contribution in [2.45, 2.75) is 19.2 Å². The molecule has 0 aliphatic heterocycles. The summed E-state index contributed by atoms with van der Waals surface area (Å²) in [5.74, 6) is -1.23. The zero-order valence-corrected chi connectivity index (χ0v) is 7.64. The van der Waals surface area contributed by atoms with Gasteiger partial charge in [-0.3, -0.25) is 11.1 Å². The lowest BCUT2D eigenvalue weighted by Gasteiger charge is -2.22. The van der Waals surface area contributed by atoms with Crippen molar-refractivity contribution in [2.24, 2.45) is 11.5 Å². The van der Waals surface area contributed by atoms with Crippen molar-refractivity contribution in [3.05, 3.63) is 0 Å². The number of aliphatic hydroxyl groups is 1. The van der Waals surface area contributed by atoms with Crippen molar-refractivity contribution in [3.63, 3.8) is 0 Å². The summed E-state index contributed by atoms with van der Waals surface area (Å²) in [7, 11) is 0. The Balaban J connectivity index is 3.19. The van der Waals surface area contributed by atoms with Crippen molar-refractivity contribution < 1.29 is 5.11 Å². The van der Waals surface area contributed by atoms with Crippen LogP contribution in [0.25, 0.3) is 0 Å². The molecule has 1 unspecified atom stereocenters. The summed E-state index contributed by atoms with van der Waals surface area (Å²) in [6, 6.07) is 0. The predicted octanol–water partition coefficient (Wildman–Crippen LogP) is -1.86. The molecule has 0 radical (unpaired) electrons. The fraction of sp³-hybridized carbons (Fsp3) is 1.00. The Labute approximate surface area is 73.5 Å². The van der Waals surface area contributed by atoms with Gasteiger partial charge in [-0.15, -0.1) is 0 Å². The molecule has 0 aliphatic carbocycles. The van der Waals surface area contributed by atoms with E-state index >= 15 is 0 Å². The smallest absolute Gasteiger partial charge is 0.169 e. The highest BCUT2D eigenvalue weighted by Crippen LogP contribution is 1.92. The van der Waals surface area contributed by atoms with Crippen LogP contribution in [0.5, 0.6) is 0 Å². The van der Waals surface area contributed by atoms with Crippen LogP contribution in [-0.2, 0) is 0 Å². The number of hydrogen-bond acceptors (Lipinski definition) is 5. The van der Waals surface area contributed by atoms with Gasteiger partial charge in [0.25, 0.3) is 0 Å². The largest absolute Gasteiger partial charge is 0.363 e. The van der Waals surface area contributed by atoms with E-state index in [9.17, 15) is 5.11 Å². The van der Waals surface area contributed by atoms with Crippen molar-refractivity contribution in [3.8, 4) is 0 Å². The first-order valence-corrected chi connectivity index (χ1v) is 4.29. The zero-order valence-electron chi connectivity index (χ0n) is 7.64. The summed E-state index contributed by atoms with van der Waals surface area (Å²) in [5, 5.41) is 15.2. The Bertz CT molecular complexity index is 108. The SMILES string of the molecule is CCC(N)(O)NCCNCCN. The normalized spacial score (nSPS) is 16.0. The van der Waals surface area contributed by atoms with Crippen LogP contribution in [0.3, 0.4) is 0 Å². The Morgan fingerprint density at radius 2 is 2.00 bits per heavy atom. The molecule has 0 saturated heterocycles. The second kappa shape index (κ2) is 6.33. The summed E-state index contributed by atoms with van der Waals surface area (Å²) >= 11 is 0. The van der Waals surface area contributed by atoms with E-state index in [1.807, 2.05) is 6.92 Å². The molecular weight excluding hydrogens is 156 g/mol. The molecule has 7 N–H and O–H groups in total. The molecule has 1 atom stereocenters. The fourth-order valence-electron chi connectivity index (χ4n) is 0.719. The average Bonchev–Trinajstić information content (AvgIpc) is 2.04. The topological polar surface area (TPSA) is 96.3 Å². The highest BCUT2D eigenvalue weighted by atomic mass is 16.3. The number of nitrogens with one attached hydrogen (secondary N) is 2. The van der Waals surface area contributed by atoms with Gasteiger partial charge < -0.3 is 16.2 Å². The van der Waals surface area contributed by atoms with Crippen LogP contribution in [0, 0.1) is 0 Å². The highest BCUT2D eigenvalue weighted by molar-refractivity contribution is 4.65. The molecule has 0 amide bonds. The second-order valence-corrected chi connectivity index (χ2v) is 2.74. The molecule has 0 heterocycles. The van der Waals surface area contributed by atoms with Crippen LogP contribution >= 0.6 is 0 Å². The van der Waals surface area contributed by atoms with Gasteiger partial charge in [0.2, 0.25) is 0 Å². The number of rotatable bonds is 7. The van der Waals surface area contributed by atoms with E-state index in [-0.39, 0.29) is 0 Å². The van der Waals surface area contributed by atoms with Gasteiger partial charge in [-0.1, -0.05) is 6.92 Å². The maximum Gasteiger partial charge on any atom is 0.169 e. The van der Waals surface area contributed by atoms with Crippen molar-refractivity contribution in [2.75, 3.05) is 26.2 Å². The minimum absolute atomic E-state index is 0.490. The molecule has 0 fully saturated rings. The molecule has 0 bridgehead atoms. The molecule has 74 valence electrons. The van der Waals surface area contributed by atoms with Gasteiger partial charge in [0.1, 0.15) is 0 Å². The fourth-order valence-corrected chi connectivity index (χ4v) is 0.719. The van der Waals surface area contributed by atoms with Gasteiger partial charge in [0.05, 0.1) is 0 Å². The Hall–Kier alpha value is -0.200. The van der Waals surface area contributed by atoms with E-state index in [1.54, 1.807) is 0 Å². The van der Waals surface area contributed by atoms with E-state index in [0.29, 0.717) is 19.5 Å². The molecule has 0 aromatic heterocycles. The quantitative estimate of drug-likeness (QED) is 0.231. The van der Waals surface area contributed by atoms with Gasteiger partial charge >= 0.3 is 0 Å². The van der Waals surface area contributed by atoms with E-state index in [4.69, 9.17) is 11.5 Å². The van der Waals surface area contributed by atoms with E-state index in [2.05, 4.69) is 10.6 Å². The summed E-state index contributed by atoms with van der Waals surface area (Å²) in [5.41, 5.74) is 10.7. The van der Waals surface area contributed by atoms with E-state index in [1.165, 1.54) is 0 Å². The monoisotopic (exact) mass is 176 g/mol. The first kappa shape index (κ1) is 11.8. The summed E-state index contributed by atoms with van der Waals surface area (Å²) in [6.07, 6.45) is 0.490. The van der Waals surface area contributed by atoms with Crippen LogP contribution in [0.4, 0.5) is 0 Å². The van der Waals surface area contributed by atoms with Crippen molar-refractivity contribution in [1.29, 1.82) is 0 Å². The molecule has 12 heavy (non-hydrogen) atoms. The van der Waals surface area contributed by atoms with Gasteiger partial charge in [-0.2, -0.15) is 0 Å². The molecule has 0 aromatic rings. The first-order valence-electron chi connectivity index (χ1n) is 4.29. The van der Waals surface area contributed by atoms with Gasteiger partial charge in [-0.05, 0) is 0 Å². The molecule has 0 rings (SSSR count). The summed E-state index contributed by atoms with van der Waals surface area (Å²) in [6.45, 7) is 4.63. The van der Waals surface area contributed by atoms with Crippen LogP contribution in [0.2, 0.25) is 0 Å². The molecule has 0 spiro atoms. The molecule has 0 saturated carbocycles.